The lowest BCUT2D eigenvalue weighted by atomic mass is 10.1. The molecule has 0 aromatic rings. The van der Waals surface area contributed by atoms with Crippen LogP contribution in [0.3, 0.4) is 0 Å². The molecule has 8 heavy (non-hydrogen) atoms. The Morgan fingerprint density at radius 1 is 1.75 bits per heavy atom. The molecule has 0 aromatic carbocycles. The van der Waals surface area contributed by atoms with Crippen molar-refractivity contribution >= 4 is 22.0 Å². The summed E-state index contributed by atoms with van der Waals surface area (Å²) in [4.78, 5) is 13.2. The Balaban J connectivity index is 3.90. The van der Waals surface area contributed by atoms with E-state index < -0.39 is 0 Å². The van der Waals surface area contributed by atoms with Gasteiger partial charge in [0.25, 0.3) is 0 Å². The van der Waals surface area contributed by atoms with Crippen molar-refractivity contribution in [1.29, 1.82) is 0 Å². The average molecular weight is 178 g/mol. The lowest BCUT2D eigenvalue weighted by Gasteiger charge is -2.10. The Morgan fingerprint density at radius 3 is 2.38 bits per heavy atom. The molecule has 0 unspecified atom stereocenters. The predicted octanol–water partition coefficient (Wildman–Crippen LogP) is 1.50. The van der Waals surface area contributed by atoms with Crippen LogP contribution >= 0.6 is 15.9 Å². The van der Waals surface area contributed by atoms with Gasteiger partial charge in [-0.15, -0.1) is 0 Å². The van der Waals surface area contributed by atoms with Crippen LogP contribution < -0.4 is 0 Å². The number of halogens is 1. The predicted molar refractivity (Wildman–Crippen MR) is 36.0 cm³/mol. The lowest BCUT2D eigenvalue weighted by molar-refractivity contribution is 0.539. The molecule has 0 bridgehead atoms. The van der Waals surface area contributed by atoms with Crippen molar-refractivity contribution in [3.63, 3.8) is 0 Å². The maximum atomic E-state index is 9.67. The van der Waals surface area contributed by atoms with Crippen LogP contribution in [-0.4, -0.2) is 16.9 Å². The average Bonchev–Trinajstić information content (AvgIpc) is 1.67. The molecular weight excluding hydrogens is 170 g/mol. The van der Waals surface area contributed by atoms with Crippen LogP contribution in [0.5, 0.6) is 0 Å². The van der Waals surface area contributed by atoms with Crippen molar-refractivity contribution in [1.82, 2.24) is 0 Å². The third-order valence-corrected chi connectivity index (χ3v) is 2.05. The van der Waals surface area contributed by atoms with Crippen molar-refractivity contribution in [3.8, 4) is 0 Å². The fourth-order valence-electron chi connectivity index (χ4n) is 0.153. The second-order valence-corrected chi connectivity index (χ2v) is 2.71. The van der Waals surface area contributed by atoms with Crippen LogP contribution in [0, 0.1) is 0 Å². The molecule has 0 heterocycles. The molecule has 2 nitrogen and oxygen atoms in total. The molecule has 0 fully saturated rings. The van der Waals surface area contributed by atoms with Crippen LogP contribution in [0.1, 0.15) is 13.8 Å². The van der Waals surface area contributed by atoms with E-state index in [1.807, 2.05) is 13.8 Å². The van der Waals surface area contributed by atoms with E-state index in [2.05, 4.69) is 20.9 Å². The first-order valence-electron chi connectivity index (χ1n) is 2.27. The molecule has 3 heteroatoms. The quantitative estimate of drug-likeness (QED) is 0.358. The summed E-state index contributed by atoms with van der Waals surface area (Å²) in [5, 5.41) is 0.690. The lowest BCUT2D eigenvalue weighted by Crippen LogP contribution is -2.17. The van der Waals surface area contributed by atoms with Gasteiger partial charge in [-0.25, -0.2) is 4.79 Å². The Bertz CT molecular complexity index is 116. The minimum absolute atomic E-state index is 0.290. The zero-order chi connectivity index (χ0) is 6.62. The fourth-order valence-corrected chi connectivity index (χ4v) is 0.279. The van der Waals surface area contributed by atoms with Crippen molar-refractivity contribution in [2.45, 2.75) is 19.4 Å². The molecule has 0 aliphatic rings. The summed E-state index contributed by atoms with van der Waals surface area (Å²) in [6, 6.07) is 0. The molecule has 0 saturated heterocycles. The van der Waals surface area contributed by atoms with Crippen molar-refractivity contribution in [2.75, 3.05) is 5.33 Å². The highest BCUT2D eigenvalue weighted by atomic mass is 79.9. The maximum Gasteiger partial charge on any atom is 0.235 e. The summed E-state index contributed by atoms with van der Waals surface area (Å²) in [6.07, 6.45) is 1.50. The second-order valence-electron chi connectivity index (χ2n) is 2.15. The number of nitrogens with zero attached hydrogens (tertiary/aromatic N) is 1. The van der Waals surface area contributed by atoms with E-state index in [-0.39, 0.29) is 5.54 Å². The van der Waals surface area contributed by atoms with Gasteiger partial charge in [-0.3, -0.25) is 0 Å². The zero-order valence-electron chi connectivity index (χ0n) is 4.94. The molecule has 46 valence electrons. The highest BCUT2D eigenvalue weighted by molar-refractivity contribution is 9.09. The Kier molecular flexibility index (Phi) is 2.95. The van der Waals surface area contributed by atoms with Crippen molar-refractivity contribution < 1.29 is 4.79 Å². The Hall–Kier alpha value is -0.140. The monoisotopic (exact) mass is 177 g/mol. The van der Waals surface area contributed by atoms with Gasteiger partial charge in [0, 0.05) is 5.33 Å². The molecule has 0 atom stereocenters. The summed E-state index contributed by atoms with van der Waals surface area (Å²) in [5.74, 6) is 0. The largest absolute Gasteiger partial charge is 0.235 e. The van der Waals surface area contributed by atoms with Gasteiger partial charge in [0.15, 0.2) is 0 Å². The molecule has 0 spiro atoms. The highest BCUT2D eigenvalue weighted by Crippen LogP contribution is 2.09. The Labute approximate surface area is 57.1 Å². The smallest absolute Gasteiger partial charge is 0.211 e. The Morgan fingerprint density at radius 2 is 2.25 bits per heavy atom. The van der Waals surface area contributed by atoms with Gasteiger partial charge in [0.1, 0.15) is 0 Å². The number of alkyl halides is 1. The first kappa shape index (κ1) is 7.86. The number of isocyanates is 1. The topological polar surface area (TPSA) is 29.4 Å². The highest BCUT2D eigenvalue weighted by Gasteiger charge is 2.12. The van der Waals surface area contributed by atoms with Crippen LogP contribution in [-0.2, 0) is 4.79 Å². The minimum Gasteiger partial charge on any atom is -0.211 e. The van der Waals surface area contributed by atoms with E-state index in [4.69, 9.17) is 0 Å². The van der Waals surface area contributed by atoms with E-state index in [9.17, 15) is 4.79 Å². The number of hydrogen-bond donors (Lipinski definition) is 0. The van der Waals surface area contributed by atoms with Crippen LogP contribution in [0.2, 0.25) is 0 Å². The third kappa shape index (κ3) is 2.94. The summed E-state index contributed by atoms with van der Waals surface area (Å²) >= 11 is 3.20. The molecule has 0 radical (unpaired) electrons. The standard InChI is InChI=1S/C5H8BrNO/c1-5(2,3-6)7-4-8/h3H2,1-2H3. The van der Waals surface area contributed by atoms with Gasteiger partial charge >= 0.3 is 0 Å². The van der Waals surface area contributed by atoms with Crippen LogP contribution in [0.15, 0.2) is 4.99 Å². The molecule has 0 N–H and O–H groups in total. The summed E-state index contributed by atoms with van der Waals surface area (Å²) in [7, 11) is 0. The van der Waals surface area contributed by atoms with Gasteiger partial charge in [-0.05, 0) is 13.8 Å². The normalized spacial score (nSPS) is 10.4. The zero-order valence-corrected chi connectivity index (χ0v) is 6.53. The molecule has 0 rings (SSSR count). The fraction of sp³-hybridized carbons (Fsp3) is 0.800. The molecular formula is C5H8BrNO. The number of hydrogen-bond acceptors (Lipinski definition) is 2. The van der Waals surface area contributed by atoms with E-state index >= 15 is 0 Å². The minimum atomic E-state index is -0.290. The summed E-state index contributed by atoms with van der Waals surface area (Å²) < 4.78 is 0. The second kappa shape index (κ2) is 3.00. The van der Waals surface area contributed by atoms with Gasteiger partial charge in [-0.2, -0.15) is 4.99 Å². The van der Waals surface area contributed by atoms with E-state index in [1.165, 1.54) is 6.08 Å². The van der Waals surface area contributed by atoms with Gasteiger partial charge in [0.2, 0.25) is 6.08 Å². The molecule has 0 aliphatic heterocycles. The third-order valence-electron chi connectivity index (χ3n) is 0.675. The van der Waals surface area contributed by atoms with E-state index in [0.29, 0.717) is 5.33 Å². The van der Waals surface area contributed by atoms with Crippen LogP contribution in [0.25, 0.3) is 0 Å². The maximum absolute atomic E-state index is 9.67. The number of aliphatic imine (C=N–C) groups is 1. The first-order chi connectivity index (χ1) is 3.62. The van der Waals surface area contributed by atoms with Gasteiger partial charge in [-0.1, -0.05) is 15.9 Å². The number of carbonyl (C=O) groups excluding carboxylic acids is 1. The van der Waals surface area contributed by atoms with Gasteiger partial charge < -0.3 is 0 Å². The molecule has 0 saturated carbocycles. The van der Waals surface area contributed by atoms with Crippen LogP contribution in [0.4, 0.5) is 0 Å². The SMILES string of the molecule is CC(C)(CBr)N=C=O. The van der Waals surface area contributed by atoms with Gasteiger partial charge in [0.05, 0.1) is 5.54 Å². The first-order valence-corrected chi connectivity index (χ1v) is 3.39. The van der Waals surface area contributed by atoms with Crippen molar-refractivity contribution in [3.05, 3.63) is 0 Å². The number of rotatable bonds is 2. The molecule has 0 aliphatic carbocycles. The molecule has 0 amide bonds. The summed E-state index contributed by atoms with van der Waals surface area (Å²) in [5.41, 5.74) is -0.290. The van der Waals surface area contributed by atoms with E-state index in [0.717, 1.165) is 0 Å². The molecule has 0 aromatic heterocycles. The van der Waals surface area contributed by atoms with E-state index in [1.54, 1.807) is 0 Å². The van der Waals surface area contributed by atoms with Crippen molar-refractivity contribution in [2.24, 2.45) is 4.99 Å². The summed E-state index contributed by atoms with van der Waals surface area (Å²) in [6.45, 7) is 3.71.